The van der Waals surface area contributed by atoms with E-state index >= 15 is 0 Å². The van der Waals surface area contributed by atoms with Crippen molar-refractivity contribution in [3.63, 3.8) is 0 Å². The van der Waals surface area contributed by atoms with Gasteiger partial charge in [-0.25, -0.2) is 27.6 Å². The number of rotatable bonds is 9. The molecule has 0 aromatic heterocycles. The van der Waals surface area contributed by atoms with Crippen LogP contribution in [-0.4, -0.2) is 73.9 Å². The molecule has 0 spiro atoms. The van der Waals surface area contributed by atoms with Crippen molar-refractivity contribution in [1.29, 1.82) is 0 Å². The predicted molar refractivity (Wildman–Crippen MR) is 238 cm³/mol. The molecule has 14 rings (SSSR count). The summed E-state index contributed by atoms with van der Waals surface area (Å²) in [7, 11) is -3.51. The molecule has 372 valence electrons. The lowest BCUT2D eigenvalue weighted by Crippen LogP contribution is -2.70. The third kappa shape index (κ3) is 8.15. The van der Waals surface area contributed by atoms with Crippen LogP contribution >= 0.6 is 0 Å². The van der Waals surface area contributed by atoms with E-state index in [9.17, 15) is 62.7 Å². The molecule has 6 aliphatic carbocycles. The van der Waals surface area contributed by atoms with E-state index in [1.165, 1.54) is 70.7 Å². The number of nitrogens with zero attached hydrogens (tertiary/aromatic N) is 5. The Morgan fingerprint density at radius 3 is 1.59 bits per heavy atom. The third-order valence-corrected chi connectivity index (χ3v) is 15.3. The molecule has 4 heterocycles. The van der Waals surface area contributed by atoms with Crippen molar-refractivity contribution in [2.75, 3.05) is 29.6 Å². The fraction of sp³-hybridized carbons (Fsp3) is 0.388. The fourth-order valence-corrected chi connectivity index (χ4v) is 12.3. The Kier molecular flexibility index (Phi) is 11.2. The number of anilines is 2. The zero-order valence-corrected chi connectivity index (χ0v) is 38.3. The van der Waals surface area contributed by atoms with E-state index < -0.39 is 80.0 Å². The van der Waals surface area contributed by atoms with Crippen LogP contribution in [0.5, 0.6) is 0 Å². The first-order valence-corrected chi connectivity index (χ1v) is 24.3. The molecule has 1 N–H and O–H groups in total. The monoisotopic (exact) mass is 1010 g/mol. The van der Waals surface area contributed by atoms with Crippen LogP contribution in [0, 0.1) is 44.9 Å². The van der Waals surface area contributed by atoms with E-state index in [1.807, 2.05) is 0 Å². The van der Waals surface area contributed by atoms with E-state index in [2.05, 4.69) is 15.5 Å². The summed E-state index contributed by atoms with van der Waals surface area (Å²) >= 11 is 0. The molecule has 0 saturated heterocycles. The number of benzene rings is 4. The summed E-state index contributed by atoms with van der Waals surface area (Å²) in [6, 6.07) is 16.9. The number of alkyl halides is 4. The molecule has 71 heavy (non-hydrogen) atoms. The molecule has 4 aromatic rings. The minimum absolute atomic E-state index is 0.0860. The molecule has 13 nitrogen and oxygen atoms in total. The van der Waals surface area contributed by atoms with E-state index in [1.54, 1.807) is 24.6 Å². The number of carbonyl (C=O) groups is 4. The Balaban J connectivity index is 0.000000136. The molecular weight excluding hydrogens is 969 g/mol. The predicted octanol–water partition coefficient (Wildman–Crippen LogP) is 8.63. The van der Waals surface area contributed by atoms with Gasteiger partial charge in [-0.15, -0.1) is 0 Å². The second-order valence-electron chi connectivity index (χ2n) is 19.9. The summed E-state index contributed by atoms with van der Waals surface area (Å²) in [5.74, 6) is -12.6. The summed E-state index contributed by atoms with van der Waals surface area (Å²) in [6.07, 6.45) is 7.90. The molecule has 2 atom stereocenters. The van der Waals surface area contributed by atoms with Gasteiger partial charge in [-0.2, -0.15) is 36.2 Å². The van der Waals surface area contributed by atoms with Crippen molar-refractivity contribution in [2.45, 2.75) is 75.3 Å². The van der Waals surface area contributed by atoms with Crippen molar-refractivity contribution < 1.29 is 66.9 Å². The van der Waals surface area contributed by atoms with Gasteiger partial charge in [0.1, 0.15) is 23.3 Å². The van der Waals surface area contributed by atoms with Crippen LogP contribution in [0.1, 0.15) is 85.7 Å². The summed E-state index contributed by atoms with van der Waals surface area (Å²) in [6.45, 7) is 0.220. The topological polar surface area (TPSA) is 158 Å². The van der Waals surface area contributed by atoms with Gasteiger partial charge in [0.2, 0.25) is 11.8 Å². The van der Waals surface area contributed by atoms with Gasteiger partial charge < -0.3 is 10.2 Å². The molecule has 6 saturated carbocycles. The first kappa shape index (κ1) is 48.1. The fourth-order valence-electron chi connectivity index (χ4n) is 11.8. The highest BCUT2D eigenvalue weighted by atomic mass is 32.2. The average molecular weight is 1010 g/mol. The maximum absolute atomic E-state index is 14.4. The number of hydrogen-bond donors (Lipinski definition) is 1. The Hall–Kier alpha value is -6.55. The lowest BCUT2D eigenvalue weighted by atomic mass is 9.34. The highest BCUT2D eigenvalue weighted by molar-refractivity contribution is 7.86. The molecule has 4 amide bonds. The number of halogens is 8. The zero-order chi connectivity index (χ0) is 50.7. The SMILES string of the molecule is CS(=O)(=O)OCC12CC(C(=O)N3N=CCC3c3cc(F)cc(F)c3)(C1)C2.O=C(N1N=CCC1c1cc(F)cc(F)c1)C12CC(CN3C(=O)C(F)(F)c4ccccc43)(C1)C2.O=C1Nc2ccccc2C1(F)F. The van der Waals surface area contributed by atoms with Crippen molar-refractivity contribution in [3.8, 4) is 0 Å². The Morgan fingerprint density at radius 2 is 1.11 bits per heavy atom. The Morgan fingerprint density at radius 1 is 0.662 bits per heavy atom. The van der Waals surface area contributed by atoms with Gasteiger partial charge in [-0.05, 0) is 96.9 Å². The van der Waals surface area contributed by atoms with Crippen LogP contribution in [0.2, 0.25) is 0 Å². The lowest BCUT2D eigenvalue weighted by molar-refractivity contribution is -0.226. The number of para-hydroxylation sites is 2. The van der Waals surface area contributed by atoms with Crippen LogP contribution in [0.3, 0.4) is 0 Å². The number of hydrogen-bond acceptors (Lipinski definition) is 9. The Bertz CT molecular complexity index is 3040. The number of nitrogens with one attached hydrogen (secondary N) is 1. The summed E-state index contributed by atoms with van der Waals surface area (Å²) in [5.41, 5.74) is -1.29. The first-order valence-electron chi connectivity index (χ1n) is 22.4. The molecule has 6 fully saturated rings. The standard InChI is InChI=1S/C24H19F4N3O2.C17H18F2N2O4S.C8H5F2NO/c25-15-7-14(8-16(26)9-15)18-5-6-29-31(18)20(32)23-10-22(11-23,12-23)13-30-19-4-2-1-3-17(19)24(27,28)21(30)33;1-26(23,24)25-10-16-7-17(8-16,9-16)15(22)21-14(2-3-20-21)11-4-12(18)6-13(19)5-11;9-8(10)5-3-1-2-4-6(5)11-7(8)12/h1-4,6-9,18H,5,10-13H2;3-6,14H,2,7-10H2,1H3;1-4H,(H,11,12). The lowest BCUT2D eigenvalue weighted by Gasteiger charge is -2.70. The molecule has 4 bridgehead atoms. The van der Waals surface area contributed by atoms with Crippen LogP contribution in [0.15, 0.2) is 95.1 Å². The van der Waals surface area contributed by atoms with Crippen LogP contribution in [0.4, 0.5) is 46.5 Å². The number of fused-ring (bicyclic) bond motifs is 2. The molecule has 2 unspecified atom stereocenters. The van der Waals surface area contributed by atoms with Gasteiger partial charge in [0.05, 0.1) is 58.3 Å². The van der Waals surface area contributed by atoms with Gasteiger partial charge >= 0.3 is 17.8 Å². The first-order chi connectivity index (χ1) is 33.4. The summed E-state index contributed by atoms with van der Waals surface area (Å²) < 4.78 is 136. The van der Waals surface area contributed by atoms with Crippen molar-refractivity contribution in [2.24, 2.45) is 31.9 Å². The average Bonchev–Trinajstić information content (AvgIpc) is 4.02. The van der Waals surface area contributed by atoms with Gasteiger partial charge in [0, 0.05) is 43.9 Å². The quantitative estimate of drug-likeness (QED) is 0.130. The van der Waals surface area contributed by atoms with Gasteiger partial charge in [0.25, 0.3) is 16.0 Å². The highest BCUT2D eigenvalue weighted by Crippen LogP contribution is 2.75. The van der Waals surface area contributed by atoms with Crippen molar-refractivity contribution in [3.05, 3.63) is 130 Å². The summed E-state index contributed by atoms with van der Waals surface area (Å²) in [5, 5.41) is 13.0. The second kappa shape index (κ2) is 16.5. The van der Waals surface area contributed by atoms with Crippen LogP contribution in [-0.2, 0) is 45.3 Å². The molecule has 4 aliphatic heterocycles. The number of amides is 4. The zero-order valence-electron chi connectivity index (χ0n) is 37.5. The second-order valence-corrected chi connectivity index (χ2v) is 21.6. The summed E-state index contributed by atoms with van der Waals surface area (Å²) in [4.78, 5) is 50.5. The van der Waals surface area contributed by atoms with E-state index in [-0.39, 0.29) is 58.3 Å². The molecular formula is C49H42F8N6O7S. The highest BCUT2D eigenvalue weighted by Gasteiger charge is 2.74. The van der Waals surface area contributed by atoms with Crippen LogP contribution in [0.25, 0.3) is 0 Å². The molecule has 0 radical (unpaired) electrons. The minimum Gasteiger partial charge on any atom is -0.320 e. The van der Waals surface area contributed by atoms with E-state index in [0.717, 1.165) is 23.3 Å². The van der Waals surface area contributed by atoms with Crippen molar-refractivity contribution in [1.82, 2.24) is 10.0 Å². The smallest absolute Gasteiger partial charge is 0.320 e. The maximum Gasteiger partial charge on any atom is 0.352 e. The molecule has 4 aromatic carbocycles. The van der Waals surface area contributed by atoms with E-state index in [0.29, 0.717) is 62.5 Å². The van der Waals surface area contributed by atoms with Gasteiger partial charge in [0.15, 0.2) is 0 Å². The minimum atomic E-state index is -3.55. The van der Waals surface area contributed by atoms with Crippen molar-refractivity contribution >= 4 is 57.6 Å². The molecule has 10 aliphatic rings. The van der Waals surface area contributed by atoms with E-state index in [4.69, 9.17) is 4.18 Å². The normalized spacial score (nSPS) is 29.3. The third-order valence-electron chi connectivity index (χ3n) is 14.7. The van der Waals surface area contributed by atoms with Crippen LogP contribution < -0.4 is 10.2 Å². The maximum atomic E-state index is 14.4. The van der Waals surface area contributed by atoms with Gasteiger partial charge in [-0.3, -0.25) is 23.4 Å². The number of carbonyl (C=O) groups excluding carboxylic acids is 4. The largest absolute Gasteiger partial charge is 0.352 e. The number of hydrazone groups is 2. The Labute approximate surface area is 400 Å². The van der Waals surface area contributed by atoms with Gasteiger partial charge in [-0.1, -0.05) is 36.4 Å². The molecule has 22 heteroatoms.